The van der Waals surface area contributed by atoms with Crippen molar-refractivity contribution in [3.63, 3.8) is 0 Å². The van der Waals surface area contributed by atoms with E-state index in [-0.39, 0.29) is 28.7 Å². The molecule has 9 nitrogen and oxygen atoms in total. The Morgan fingerprint density at radius 1 is 1.16 bits per heavy atom. The molecular formula is C20H25FN4O5S. The second-order valence-electron chi connectivity index (χ2n) is 6.69. The Morgan fingerprint density at radius 2 is 1.84 bits per heavy atom. The summed E-state index contributed by atoms with van der Waals surface area (Å²) in [5.41, 5.74) is 0.881. The Hall–Kier alpha value is -3.18. The van der Waals surface area contributed by atoms with Gasteiger partial charge in [-0.25, -0.2) is 22.7 Å². The van der Waals surface area contributed by atoms with E-state index < -0.39 is 28.0 Å². The summed E-state index contributed by atoms with van der Waals surface area (Å²) in [6.07, 6.45) is 0.968. The first-order valence-electron chi connectivity index (χ1n) is 9.44. The van der Waals surface area contributed by atoms with Gasteiger partial charge in [0.05, 0.1) is 7.11 Å². The van der Waals surface area contributed by atoms with E-state index in [1.54, 1.807) is 12.1 Å². The van der Waals surface area contributed by atoms with Gasteiger partial charge in [0.2, 0.25) is 15.9 Å². The number of urea groups is 1. The number of carbonyl (C=O) groups is 2. The first-order valence-corrected chi connectivity index (χ1v) is 11.0. The minimum Gasteiger partial charge on any atom is -0.495 e. The van der Waals surface area contributed by atoms with Crippen LogP contribution in [0.3, 0.4) is 0 Å². The molecule has 0 bridgehead atoms. The number of amides is 3. The largest absolute Gasteiger partial charge is 0.495 e. The zero-order chi connectivity index (χ0) is 23.0. The number of methoxy groups -OCH3 is 1. The van der Waals surface area contributed by atoms with Crippen molar-refractivity contribution in [3.8, 4) is 5.75 Å². The Kier molecular flexibility index (Phi) is 8.34. The fraction of sp³-hybridized carbons (Fsp3) is 0.300. The topological polar surface area (TPSA) is 140 Å². The minimum absolute atomic E-state index is 0.0453. The van der Waals surface area contributed by atoms with Gasteiger partial charge in [-0.3, -0.25) is 4.79 Å². The molecule has 0 saturated heterocycles. The van der Waals surface area contributed by atoms with E-state index in [1.807, 2.05) is 6.92 Å². The number of benzene rings is 2. The molecule has 2 rings (SSSR count). The zero-order valence-electron chi connectivity index (χ0n) is 17.1. The Labute approximate surface area is 180 Å². The van der Waals surface area contributed by atoms with Gasteiger partial charge in [-0.1, -0.05) is 25.5 Å². The maximum absolute atomic E-state index is 13.0. The highest BCUT2D eigenvalue weighted by molar-refractivity contribution is 7.89. The number of hydrogen-bond donors (Lipinski definition) is 4. The molecule has 0 aliphatic rings. The van der Waals surface area contributed by atoms with Crippen LogP contribution in [0.25, 0.3) is 0 Å². The summed E-state index contributed by atoms with van der Waals surface area (Å²) in [5, 5.41) is 13.0. The highest BCUT2D eigenvalue weighted by Gasteiger charge is 2.22. The van der Waals surface area contributed by atoms with Gasteiger partial charge in [0.15, 0.2) is 0 Å². The fourth-order valence-electron chi connectivity index (χ4n) is 2.76. The average Bonchev–Trinajstić information content (AvgIpc) is 2.72. The molecular weight excluding hydrogens is 427 g/mol. The van der Waals surface area contributed by atoms with Gasteiger partial charge in [-0.15, -0.1) is 0 Å². The molecule has 0 heterocycles. The van der Waals surface area contributed by atoms with E-state index in [1.165, 1.54) is 37.4 Å². The number of nitrogens with two attached hydrogens (primary N) is 1. The van der Waals surface area contributed by atoms with Crippen LogP contribution in [0.2, 0.25) is 0 Å². The summed E-state index contributed by atoms with van der Waals surface area (Å²) in [4.78, 5) is 24.6. The van der Waals surface area contributed by atoms with Gasteiger partial charge in [-0.05, 0) is 42.3 Å². The number of rotatable bonds is 9. The molecule has 1 atom stereocenters. The van der Waals surface area contributed by atoms with Gasteiger partial charge in [0.25, 0.3) is 0 Å². The smallest absolute Gasteiger partial charge is 0.315 e. The van der Waals surface area contributed by atoms with Crippen molar-refractivity contribution < 1.29 is 27.1 Å². The first-order chi connectivity index (χ1) is 14.6. The summed E-state index contributed by atoms with van der Waals surface area (Å²) in [6, 6.07) is 8.23. The summed E-state index contributed by atoms with van der Waals surface area (Å²) in [5.74, 6) is -0.856. The summed E-state index contributed by atoms with van der Waals surface area (Å²) in [6.45, 7) is 2.01. The van der Waals surface area contributed by atoms with Crippen molar-refractivity contribution in [1.29, 1.82) is 0 Å². The molecule has 168 valence electrons. The van der Waals surface area contributed by atoms with Gasteiger partial charge in [0, 0.05) is 12.2 Å². The van der Waals surface area contributed by atoms with E-state index in [0.29, 0.717) is 18.4 Å². The van der Waals surface area contributed by atoms with Gasteiger partial charge < -0.3 is 20.7 Å². The molecule has 2 aromatic rings. The second-order valence-corrected chi connectivity index (χ2v) is 8.22. The SMILES string of the molecule is CCCC(NC(=O)NCc1ccc(F)cc1)C(=O)Nc1ccc(OC)c(S(N)(=O)=O)c1. The molecule has 0 spiro atoms. The third-order valence-electron chi connectivity index (χ3n) is 4.30. The van der Waals surface area contributed by atoms with Crippen LogP contribution in [0.4, 0.5) is 14.9 Å². The Morgan fingerprint density at radius 3 is 2.42 bits per heavy atom. The molecule has 0 aliphatic carbocycles. The van der Waals surface area contributed by atoms with Crippen LogP contribution >= 0.6 is 0 Å². The molecule has 0 radical (unpaired) electrons. The van der Waals surface area contributed by atoms with E-state index in [4.69, 9.17) is 9.88 Å². The molecule has 0 aliphatic heterocycles. The van der Waals surface area contributed by atoms with Crippen molar-refractivity contribution in [2.45, 2.75) is 37.2 Å². The van der Waals surface area contributed by atoms with Crippen molar-refractivity contribution in [2.75, 3.05) is 12.4 Å². The maximum Gasteiger partial charge on any atom is 0.315 e. The van der Waals surface area contributed by atoms with Crippen LogP contribution < -0.4 is 25.8 Å². The molecule has 5 N–H and O–H groups in total. The number of sulfonamides is 1. The number of carbonyl (C=O) groups excluding carboxylic acids is 2. The molecule has 31 heavy (non-hydrogen) atoms. The zero-order valence-corrected chi connectivity index (χ0v) is 18.0. The predicted molar refractivity (Wildman–Crippen MR) is 113 cm³/mol. The van der Waals surface area contributed by atoms with Crippen molar-refractivity contribution in [1.82, 2.24) is 10.6 Å². The van der Waals surface area contributed by atoms with Crippen LogP contribution in [0.15, 0.2) is 47.4 Å². The first kappa shape index (κ1) is 24.1. The van der Waals surface area contributed by atoms with Crippen LogP contribution in [0.5, 0.6) is 5.75 Å². The lowest BCUT2D eigenvalue weighted by molar-refractivity contribution is -0.118. The fourth-order valence-corrected chi connectivity index (χ4v) is 3.48. The van der Waals surface area contributed by atoms with Crippen LogP contribution in [0, 0.1) is 5.82 Å². The number of halogens is 1. The van der Waals surface area contributed by atoms with Gasteiger partial charge >= 0.3 is 6.03 Å². The average molecular weight is 453 g/mol. The monoisotopic (exact) mass is 452 g/mol. The lowest BCUT2D eigenvalue weighted by atomic mass is 10.1. The number of anilines is 1. The third-order valence-corrected chi connectivity index (χ3v) is 5.24. The number of primary sulfonamides is 1. The summed E-state index contributed by atoms with van der Waals surface area (Å²) >= 11 is 0. The van der Waals surface area contributed by atoms with Crippen LogP contribution in [-0.2, 0) is 21.4 Å². The number of nitrogens with one attached hydrogen (secondary N) is 3. The van der Waals surface area contributed by atoms with Crippen molar-refractivity contribution in [3.05, 3.63) is 53.8 Å². The van der Waals surface area contributed by atoms with E-state index in [0.717, 1.165) is 0 Å². The lowest BCUT2D eigenvalue weighted by Crippen LogP contribution is -2.47. The van der Waals surface area contributed by atoms with E-state index >= 15 is 0 Å². The highest BCUT2D eigenvalue weighted by atomic mass is 32.2. The molecule has 0 aromatic heterocycles. The molecule has 0 fully saturated rings. The molecule has 1 unspecified atom stereocenters. The third kappa shape index (κ3) is 7.23. The van der Waals surface area contributed by atoms with Crippen LogP contribution in [0.1, 0.15) is 25.3 Å². The quantitative estimate of drug-likeness (QED) is 0.461. The Balaban J connectivity index is 2.04. The van der Waals surface area contributed by atoms with Crippen LogP contribution in [-0.4, -0.2) is 33.5 Å². The van der Waals surface area contributed by atoms with Gasteiger partial charge in [-0.2, -0.15) is 0 Å². The van der Waals surface area contributed by atoms with Crippen molar-refractivity contribution in [2.24, 2.45) is 5.14 Å². The lowest BCUT2D eigenvalue weighted by Gasteiger charge is -2.19. The predicted octanol–water partition coefficient (Wildman–Crippen LogP) is 2.09. The summed E-state index contributed by atoms with van der Waals surface area (Å²) < 4.78 is 41.4. The molecule has 0 saturated carbocycles. The highest BCUT2D eigenvalue weighted by Crippen LogP contribution is 2.26. The molecule has 2 aromatic carbocycles. The van der Waals surface area contributed by atoms with E-state index in [2.05, 4.69) is 16.0 Å². The summed E-state index contributed by atoms with van der Waals surface area (Å²) in [7, 11) is -2.77. The molecule has 3 amide bonds. The maximum atomic E-state index is 13.0. The minimum atomic E-state index is -4.07. The number of ether oxygens (including phenoxy) is 1. The number of hydrogen-bond acceptors (Lipinski definition) is 5. The Bertz CT molecular complexity index is 1030. The van der Waals surface area contributed by atoms with Crippen molar-refractivity contribution >= 4 is 27.6 Å². The normalized spacial score (nSPS) is 12.0. The van der Waals surface area contributed by atoms with Gasteiger partial charge in [0.1, 0.15) is 22.5 Å². The second kappa shape index (κ2) is 10.7. The molecule has 11 heteroatoms. The standard InChI is InChI=1S/C20H25FN4O5S/c1-3-4-16(25-20(27)23-12-13-5-7-14(21)8-6-13)19(26)24-15-9-10-17(30-2)18(11-15)31(22,28)29/h5-11,16H,3-4,12H2,1-2H3,(H,24,26)(H2,22,28,29)(H2,23,25,27). The van der Waals surface area contributed by atoms with E-state index in [9.17, 15) is 22.4 Å².